The Hall–Kier alpha value is -1.59. The zero-order chi connectivity index (χ0) is 13.8. The molecule has 0 aliphatic carbocycles. The summed E-state index contributed by atoms with van der Waals surface area (Å²) < 4.78 is 0.730. The summed E-state index contributed by atoms with van der Waals surface area (Å²) in [6.07, 6.45) is 3.23. The maximum absolute atomic E-state index is 12.4. The molecule has 100 valence electrons. The van der Waals surface area contributed by atoms with Gasteiger partial charge in [-0.1, -0.05) is 11.6 Å². The van der Waals surface area contributed by atoms with Crippen molar-refractivity contribution < 1.29 is 4.79 Å². The monoisotopic (exact) mass is 295 g/mol. The van der Waals surface area contributed by atoms with Gasteiger partial charge in [-0.05, 0) is 18.2 Å². The van der Waals surface area contributed by atoms with Gasteiger partial charge in [0.15, 0.2) is 0 Å². The smallest absolute Gasteiger partial charge is 0.257 e. The lowest BCUT2D eigenvalue weighted by molar-refractivity contribution is 0.0787. The van der Waals surface area contributed by atoms with E-state index in [2.05, 4.69) is 10.3 Å². The van der Waals surface area contributed by atoms with Crippen LogP contribution >= 0.6 is 22.9 Å². The highest BCUT2D eigenvalue weighted by Gasteiger charge is 2.16. The first-order chi connectivity index (χ1) is 9.11. The molecule has 0 aromatic carbocycles. The number of hydrogen-bond donors (Lipinski definition) is 1. The maximum Gasteiger partial charge on any atom is 0.257 e. The van der Waals surface area contributed by atoms with Crippen molar-refractivity contribution in [3.05, 3.63) is 45.4 Å². The molecular formula is C13H14ClN3OS. The summed E-state index contributed by atoms with van der Waals surface area (Å²) in [5.41, 5.74) is 1.34. The average molecular weight is 296 g/mol. The van der Waals surface area contributed by atoms with Crippen LogP contribution in [0.4, 0.5) is 5.69 Å². The molecule has 4 nitrogen and oxygen atoms in total. The van der Waals surface area contributed by atoms with E-state index in [1.54, 1.807) is 37.5 Å². The quantitative estimate of drug-likeness (QED) is 0.942. The van der Waals surface area contributed by atoms with Gasteiger partial charge >= 0.3 is 0 Å². The van der Waals surface area contributed by atoms with Crippen molar-refractivity contribution in [2.75, 3.05) is 19.4 Å². The van der Waals surface area contributed by atoms with Gasteiger partial charge in [0.05, 0.1) is 16.4 Å². The number of aromatic nitrogens is 1. The number of rotatable bonds is 4. The normalized spacial score (nSPS) is 10.3. The predicted molar refractivity (Wildman–Crippen MR) is 78.9 cm³/mol. The topological polar surface area (TPSA) is 45.2 Å². The van der Waals surface area contributed by atoms with Gasteiger partial charge in [-0.15, -0.1) is 11.3 Å². The Bertz CT molecular complexity index is 585. The van der Waals surface area contributed by atoms with Gasteiger partial charge in [0, 0.05) is 37.1 Å². The van der Waals surface area contributed by atoms with E-state index in [4.69, 9.17) is 11.6 Å². The fraction of sp³-hybridized carbons (Fsp3) is 0.231. The van der Waals surface area contributed by atoms with Crippen molar-refractivity contribution in [1.82, 2.24) is 9.88 Å². The molecule has 0 spiro atoms. The molecule has 2 aromatic rings. The zero-order valence-electron chi connectivity index (χ0n) is 10.7. The van der Waals surface area contributed by atoms with E-state index in [1.165, 1.54) is 11.3 Å². The fourth-order valence-electron chi connectivity index (χ4n) is 1.73. The lowest BCUT2D eigenvalue weighted by atomic mass is 10.2. The molecule has 2 heterocycles. The summed E-state index contributed by atoms with van der Waals surface area (Å²) >= 11 is 7.36. The van der Waals surface area contributed by atoms with Crippen LogP contribution in [-0.4, -0.2) is 29.9 Å². The summed E-state index contributed by atoms with van der Waals surface area (Å²) in [5.74, 6) is -0.0676. The fourth-order valence-corrected chi connectivity index (χ4v) is 2.87. The Morgan fingerprint density at radius 2 is 2.26 bits per heavy atom. The van der Waals surface area contributed by atoms with Gasteiger partial charge in [0.1, 0.15) is 0 Å². The van der Waals surface area contributed by atoms with Crippen molar-refractivity contribution in [2.45, 2.75) is 6.54 Å². The van der Waals surface area contributed by atoms with E-state index in [0.29, 0.717) is 12.1 Å². The number of carbonyl (C=O) groups is 1. The molecule has 19 heavy (non-hydrogen) atoms. The number of carbonyl (C=O) groups excluding carboxylic acids is 1. The van der Waals surface area contributed by atoms with Gasteiger partial charge < -0.3 is 10.2 Å². The lowest BCUT2D eigenvalue weighted by Gasteiger charge is -2.17. The van der Waals surface area contributed by atoms with Crippen LogP contribution in [-0.2, 0) is 6.54 Å². The van der Waals surface area contributed by atoms with Crippen LogP contribution in [0, 0.1) is 0 Å². The average Bonchev–Trinajstić information content (AvgIpc) is 2.83. The Balaban J connectivity index is 2.14. The van der Waals surface area contributed by atoms with Crippen LogP contribution in [0.3, 0.4) is 0 Å². The highest BCUT2D eigenvalue weighted by atomic mass is 35.5. The third-order valence-electron chi connectivity index (χ3n) is 2.69. The molecule has 0 unspecified atom stereocenters. The van der Waals surface area contributed by atoms with Crippen LogP contribution in [0.15, 0.2) is 30.6 Å². The molecule has 0 fully saturated rings. The summed E-state index contributed by atoms with van der Waals surface area (Å²) in [7, 11) is 3.55. The molecule has 2 aromatic heterocycles. The molecule has 0 aliphatic rings. The summed E-state index contributed by atoms with van der Waals surface area (Å²) in [4.78, 5) is 19.1. The number of amides is 1. The van der Waals surface area contributed by atoms with E-state index in [-0.39, 0.29) is 5.91 Å². The number of thiophene rings is 1. The molecule has 1 amide bonds. The number of nitrogens with zero attached hydrogens (tertiary/aromatic N) is 2. The molecule has 0 saturated heterocycles. The standard InChI is InChI=1S/C13H14ClN3OS/c1-15-11-5-6-16-7-10(11)13(18)17(2)8-9-3-4-12(14)19-9/h3-7H,8H2,1-2H3,(H,15,16). The highest BCUT2D eigenvalue weighted by Crippen LogP contribution is 2.23. The van der Waals surface area contributed by atoms with Gasteiger partial charge in [-0.3, -0.25) is 9.78 Å². The van der Waals surface area contributed by atoms with Crippen LogP contribution < -0.4 is 5.32 Å². The molecular weight excluding hydrogens is 282 g/mol. The third kappa shape index (κ3) is 3.24. The molecule has 2 rings (SSSR count). The van der Waals surface area contributed by atoms with Gasteiger partial charge in [0.25, 0.3) is 5.91 Å². The second kappa shape index (κ2) is 6.04. The van der Waals surface area contributed by atoms with Crippen LogP contribution in [0.1, 0.15) is 15.2 Å². The zero-order valence-corrected chi connectivity index (χ0v) is 12.3. The van der Waals surface area contributed by atoms with E-state index in [1.807, 2.05) is 12.1 Å². The number of pyridine rings is 1. The van der Waals surface area contributed by atoms with Gasteiger partial charge in [-0.2, -0.15) is 0 Å². The van der Waals surface area contributed by atoms with Crippen molar-refractivity contribution in [3.8, 4) is 0 Å². The van der Waals surface area contributed by atoms with Gasteiger partial charge in [-0.25, -0.2) is 0 Å². The first kappa shape index (κ1) is 13.8. The summed E-state index contributed by atoms with van der Waals surface area (Å²) in [6, 6.07) is 5.55. The summed E-state index contributed by atoms with van der Waals surface area (Å²) in [6.45, 7) is 0.536. The highest BCUT2D eigenvalue weighted by molar-refractivity contribution is 7.16. The van der Waals surface area contributed by atoms with E-state index >= 15 is 0 Å². The Kier molecular flexibility index (Phi) is 4.39. The number of nitrogens with one attached hydrogen (secondary N) is 1. The van der Waals surface area contributed by atoms with E-state index in [9.17, 15) is 4.79 Å². The SMILES string of the molecule is CNc1ccncc1C(=O)N(C)Cc1ccc(Cl)s1. The first-order valence-corrected chi connectivity index (χ1v) is 6.92. The van der Waals surface area contributed by atoms with Crippen LogP contribution in [0.25, 0.3) is 0 Å². The Morgan fingerprint density at radius 3 is 2.89 bits per heavy atom. The molecule has 0 radical (unpaired) electrons. The minimum absolute atomic E-state index is 0.0676. The molecule has 0 atom stereocenters. The minimum Gasteiger partial charge on any atom is -0.387 e. The molecule has 0 bridgehead atoms. The molecule has 0 aliphatic heterocycles. The largest absolute Gasteiger partial charge is 0.387 e. The number of anilines is 1. The number of halogens is 1. The Morgan fingerprint density at radius 1 is 1.47 bits per heavy atom. The lowest BCUT2D eigenvalue weighted by Crippen LogP contribution is -2.26. The van der Waals surface area contributed by atoms with Crippen LogP contribution in [0.5, 0.6) is 0 Å². The van der Waals surface area contributed by atoms with Crippen LogP contribution in [0.2, 0.25) is 4.34 Å². The van der Waals surface area contributed by atoms with E-state index in [0.717, 1.165) is 14.9 Å². The summed E-state index contributed by atoms with van der Waals surface area (Å²) in [5, 5.41) is 2.99. The van der Waals surface area contributed by atoms with Crippen molar-refractivity contribution in [3.63, 3.8) is 0 Å². The predicted octanol–water partition coefficient (Wildman–Crippen LogP) is 3.11. The first-order valence-electron chi connectivity index (χ1n) is 5.73. The van der Waals surface area contributed by atoms with Crippen molar-refractivity contribution in [2.24, 2.45) is 0 Å². The molecule has 0 saturated carbocycles. The second-order valence-electron chi connectivity index (χ2n) is 4.04. The van der Waals surface area contributed by atoms with Crippen molar-refractivity contribution in [1.29, 1.82) is 0 Å². The maximum atomic E-state index is 12.4. The Labute approximate surface area is 121 Å². The third-order valence-corrected chi connectivity index (χ3v) is 3.91. The van der Waals surface area contributed by atoms with Gasteiger partial charge in [0.2, 0.25) is 0 Å². The second-order valence-corrected chi connectivity index (χ2v) is 5.84. The molecule has 1 N–H and O–H groups in total. The van der Waals surface area contributed by atoms with E-state index < -0.39 is 0 Å². The number of hydrogen-bond acceptors (Lipinski definition) is 4. The minimum atomic E-state index is -0.0676. The molecule has 6 heteroatoms. The van der Waals surface area contributed by atoms with Crippen molar-refractivity contribution >= 4 is 34.5 Å².